The predicted octanol–water partition coefficient (Wildman–Crippen LogP) is 2.81. The van der Waals surface area contributed by atoms with Crippen LogP contribution in [0.25, 0.3) is 0 Å². The van der Waals surface area contributed by atoms with Crippen LogP contribution in [0.2, 0.25) is 0 Å². The van der Waals surface area contributed by atoms with Gasteiger partial charge in [0.1, 0.15) is 0 Å². The van der Waals surface area contributed by atoms with Gasteiger partial charge in [0, 0.05) is 11.4 Å². The standard InChI is InChI=1S/C15H12FN3O/c1-8-11(6-17)15(12(7-18)9(2)19-8)10-3-4-14(20)13(16)5-10/h3-5,15,19-20H,1-2H3. The van der Waals surface area contributed by atoms with Crippen molar-refractivity contribution in [2.45, 2.75) is 19.8 Å². The van der Waals surface area contributed by atoms with Crippen molar-refractivity contribution in [3.05, 3.63) is 52.1 Å². The molecular formula is C15H12FN3O. The van der Waals surface area contributed by atoms with Gasteiger partial charge in [0.15, 0.2) is 11.6 Å². The maximum Gasteiger partial charge on any atom is 0.165 e. The van der Waals surface area contributed by atoms with Gasteiger partial charge in [-0.05, 0) is 31.5 Å². The van der Waals surface area contributed by atoms with Crippen LogP contribution in [0.5, 0.6) is 5.75 Å². The normalized spacial score (nSPS) is 15.7. The first-order valence-corrected chi connectivity index (χ1v) is 5.96. The monoisotopic (exact) mass is 269 g/mol. The Bertz CT molecular complexity index is 684. The van der Waals surface area contributed by atoms with Crippen LogP contribution in [0.3, 0.4) is 0 Å². The summed E-state index contributed by atoms with van der Waals surface area (Å²) in [5, 5.41) is 30.8. The molecule has 1 aliphatic heterocycles. The number of dihydropyridines is 1. The minimum Gasteiger partial charge on any atom is -0.505 e. The predicted molar refractivity (Wildman–Crippen MR) is 70.6 cm³/mol. The topological polar surface area (TPSA) is 79.8 Å². The molecule has 0 amide bonds. The van der Waals surface area contributed by atoms with E-state index < -0.39 is 17.5 Å². The van der Waals surface area contributed by atoms with E-state index in [0.717, 1.165) is 6.07 Å². The summed E-state index contributed by atoms with van der Waals surface area (Å²) in [6.45, 7) is 3.47. The van der Waals surface area contributed by atoms with E-state index >= 15 is 0 Å². The van der Waals surface area contributed by atoms with Gasteiger partial charge in [-0.15, -0.1) is 0 Å². The molecule has 0 bridgehead atoms. The summed E-state index contributed by atoms with van der Waals surface area (Å²) >= 11 is 0. The van der Waals surface area contributed by atoms with Crippen molar-refractivity contribution in [1.29, 1.82) is 10.5 Å². The number of nitriles is 2. The van der Waals surface area contributed by atoms with Crippen LogP contribution in [0.1, 0.15) is 25.3 Å². The molecule has 1 heterocycles. The SMILES string of the molecule is CC1=C(C#N)C(c2ccc(O)c(F)c2)C(C#N)=C(C)N1. The van der Waals surface area contributed by atoms with E-state index in [1.54, 1.807) is 13.8 Å². The average molecular weight is 269 g/mol. The summed E-state index contributed by atoms with van der Waals surface area (Å²) in [7, 11) is 0. The molecule has 20 heavy (non-hydrogen) atoms. The lowest BCUT2D eigenvalue weighted by Crippen LogP contribution is -2.23. The summed E-state index contributed by atoms with van der Waals surface area (Å²) < 4.78 is 13.5. The molecule has 1 aromatic rings. The second-order valence-corrected chi connectivity index (χ2v) is 4.57. The summed E-state index contributed by atoms with van der Waals surface area (Å²) in [5.74, 6) is -1.84. The fraction of sp³-hybridized carbons (Fsp3) is 0.200. The van der Waals surface area contributed by atoms with Gasteiger partial charge in [-0.3, -0.25) is 0 Å². The molecule has 0 spiro atoms. The molecule has 0 saturated carbocycles. The second-order valence-electron chi connectivity index (χ2n) is 4.57. The van der Waals surface area contributed by atoms with Crippen molar-refractivity contribution in [1.82, 2.24) is 5.32 Å². The Hall–Kier alpha value is -2.79. The zero-order valence-electron chi connectivity index (χ0n) is 11.0. The van der Waals surface area contributed by atoms with Crippen molar-refractivity contribution in [2.24, 2.45) is 0 Å². The Kier molecular flexibility index (Phi) is 3.45. The van der Waals surface area contributed by atoms with Gasteiger partial charge < -0.3 is 10.4 Å². The van der Waals surface area contributed by atoms with E-state index in [4.69, 9.17) is 0 Å². The third-order valence-electron chi connectivity index (χ3n) is 3.31. The zero-order chi connectivity index (χ0) is 14.9. The molecule has 1 aromatic carbocycles. The lowest BCUT2D eigenvalue weighted by Gasteiger charge is -2.26. The molecule has 0 aromatic heterocycles. The van der Waals surface area contributed by atoms with E-state index in [1.165, 1.54) is 12.1 Å². The fourth-order valence-electron chi connectivity index (χ4n) is 2.33. The first-order chi connectivity index (χ1) is 9.49. The molecule has 0 radical (unpaired) electrons. The Morgan fingerprint density at radius 2 is 1.70 bits per heavy atom. The lowest BCUT2D eigenvalue weighted by molar-refractivity contribution is 0.431. The van der Waals surface area contributed by atoms with E-state index in [0.29, 0.717) is 28.1 Å². The number of hydrogen-bond acceptors (Lipinski definition) is 4. The van der Waals surface area contributed by atoms with Gasteiger partial charge >= 0.3 is 0 Å². The highest BCUT2D eigenvalue weighted by Crippen LogP contribution is 2.38. The minimum absolute atomic E-state index is 0.372. The maximum atomic E-state index is 13.5. The van der Waals surface area contributed by atoms with Gasteiger partial charge in [0.05, 0.1) is 29.2 Å². The quantitative estimate of drug-likeness (QED) is 0.821. The summed E-state index contributed by atoms with van der Waals surface area (Å²) in [6.07, 6.45) is 0. The lowest BCUT2D eigenvalue weighted by atomic mass is 9.81. The molecule has 100 valence electrons. The largest absolute Gasteiger partial charge is 0.505 e. The van der Waals surface area contributed by atoms with Crippen LogP contribution < -0.4 is 5.32 Å². The Morgan fingerprint density at radius 1 is 1.15 bits per heavy atom. The first-order valence-electron chi connectivity index (χ1n) is 5.96. The number of aromatic hydroxyl groups is 1. The summed E-state index contributed by atoms with van der Waals surface area (Å²) in [4.78, 5) is 0. The Balaban J connectivity index is 2.66. The number of phenols is 1. The van der Waals surface area contributed by atoms with E-state index in [1.807, 2.05) is 0 Å². The van der Waals surface area contributed by atoms with Gasteiger partial charge in [0.25, 0.3) is 0 Å². The summed E-state index contributed by atoms with van der Waals surface area (Å²) in [5.41, 5.74) is 2.49. The minimum atomic E-state index is -0.772. The molecule has 0 unspecified atom stereocenters. The third kappa shape index (κ3) is 2.10. The van der Waals surface area contributed by atoms with E-state index in [9.17, 15) is 20.0 Å². The molecule has 0 atom stereocenters. The third-order valence-corrected chi connectivity index (χ3v) is 3.31. The first kappa shape index (κ1) is 13.6. The molecule has 5 heteroatoms. The Labute approximate surface area is 116 Å². The van der Waals surface area contributed by atoms with Gasteiger partial charge in [-0.1, -0.05) is 6.07 Å². The van der Waals surface area contributed by atoms with Gasteiger partial charge in [-0.25, -0.2) is 4.39 Å². The van der Waals surface area contributed by atoms with Crippen molar-refractivity contribution in [2.75, 3.05) is 0 Å². The second kappa shape index (κ2) is 5.07. The molecule has 4 nitrogen and oxygen atoms in total. The zero-order valence-corrected chi connectivity index (χ0v) is 11.0. The highest BCUT2D eigenvalue weighted by atomic mass is 19.1. The van der Waals surface area contributed by atoms with E-state index in [-0.39, 0.29) is 0 Å². The average Bonchev–Trinajstić information content (AvgIpc) is 2.41. The van der Waals surface area contributed by atoms with Crippen molar-refractivity contribution in [3.8, 4) is 17.9 Å². The maximum absolute atomic E-state index is 13.5. The van der Waals surface area contributed by atoms with Crippen molar-refractivity contribution >= 4 is 0 Å². The molecule has 0 aliphatic carbocycles. The number of phenolic OH excluding ortho intramolecular Hbond substituents is 1. The van der Waals surface area contributed by atoms with Crippen molar-refractivity contribution < 1.29 is 9.50 Å². The van der Waals surface area contributed by atoms with Crippen molar-refractivity contribution in [3.63, 3.8) is 0 Å². The van der Waals surface area contributed by atoms with Gasteiger partial charge in [-0.2, -0.15) is 10.5 Å². The van der Waals surface area contributed by atoms with Crippen LogP contribution in [0, 0.1) is 28.5 Å². The molecule has 2 rings (SSSR count). The van der Waals surface area contributed by atoms with Crippen LogP contribution in [0.15, 0.2) is 40.7 Å². The fourth-order valence-corrected chi connectivity index (χ4v) is 2.33. The van der Waals surface area contributed by atoms with Crippen LogP contribution in [-0.4, -0.2) is 5.11 Å². The highest BCUT2D eigenvalue weighted by molar-refractivity contribution is 5.55. The number of halogens is 1. The molecular weight excluding hydrogens is 257 g/mol. The molecule has 0 saturated heterocycles. The van der Waals surface area contributed by atoms with Crippen LogP contribution in [0.4, 0.5) is 4.39 Å². The molecule has 0 fully saturated rings. The molecule has 2 N–H and O–H groups in total. The number of nitrogens with one attached hydrogen (secondary N) is 1. The smallest absolute Gasteiger partial charge is 0.165 e. The number of nitrogens with zero attached hydrogens (tertiary/aromatic N) is 2. The van der Waals surface area contributed by atoms with Crippen LogP contribution in [-0.2, 0) is 0 Å². The molecule has 1 aliphatic rings. The summed E-state index contributed by atoms with van der Waals surface area (Å²) in [6, 6.07) is 8.03. The van der Waals surface area contributed by atoms with Gasteiger partial charge in [0.2, 0.25) is 0 Å². The Morgan fingerprint density at radius 3 is 2.15 bits per heavy atom. The number of hydrogen-bond donors (Lipinski definition) is 2. The number of allylic oxidation sites excluding steroid dienone is 4. The van der Waals surface area contributed by atoms with E-state index in [2.05, 4.69) is 17.5 Å². The number of benzene rings is 1. The number of rotatable bonds is 1. The van der Waals surface area contributed by atoms with Crippen LogP contribution >= 0.6 is 0 Å². The highest BCUT2D eigenvalue weighted by Gasteiger charge is 2.29.